The molecule has 30 heavy (non-hydrogen) atoms. The van der Waals surface area contributed by atoms with Crippen LogP contribution in [0.5, 0.6) is 0 Å². The molecule has 0 saturated heterocycles. The van der Waals surface area contributed by atoms with E-state index in [-0.39, 0.29) is 0 Å². The Labute approximate surface area is 177 Å². The van der Waals surface area contributed by atoms with Crippen molar-refractivity contribution in [1.29, 1.82) is 5.26 Å². The van der Waals surface area contributed by atoms with Crippen molar-refractivity contribution in [2.45, 2.75) is 51.9 Å². The van der Waals surface area contributed by atoms with Crippen molar-refractivity contribution in [2.75, 3.05) is 0 Å². The largest absolute Gasteiger partial charge is 0.455 e. The highest BCUT2D eigenvalue weighted by Crippen LogP contribution is 2.43. The molecule has 0 radical (unpaired) electrons. The van der Waals surface area contributed by atoms with Crippen LogP contribution in [-0.4, -0.2) is 0 Å². The van der Waals surface area contributed by atoms with Gasteiger partial charge in [-0.1, -0.05) is 31.4 Å². The summed E-state index contributed by atoms with van der Waals surface area (Å²) in [7, 11) is 2.07. The zero-order valence-corrected chi connectivity index (χ0v) is 18.0. The predicted molar refractivity (Wildman–Crippen MR) is 120 cm³/mol. The highest BCUT2D eigenvalue weighted by molar-refractivity contribution is 6.11. The molecule has 1 fully saturated rings. The van der Waals surface area contributed by atoms with Gasteiger partial charge in [0, 0.05) is 22.9 Å². The van der Waals surface area contributed by atoms with Crippen LogP contribution in [0.15, 0.2) is 47.0 Å². The molecule has 0 aliphatic heterocycles. The number of hydrogen-bond donors (Lipinski definition) is 0. The third kappa shape index (κ3) is 2.82. The molecule has 0 spiro atoms. The van der Waals surface area contributed by atoms with E-state index < -0.39 is 0 Å². The van der Waals surface area contributed by atoms with E-state index in [1.165, 1.54) is 43.2 Å². The Balaban J connectivity index is 1.84. The van der Waals surface area contributed by atoms with Crippen LogP contribution in [-0.2, 0) is 7.05 Å². The molecular weight excluding hydrogens is 368 g/mol. The maximum atomic E-state index is 9.97. The fourth-order valence-corrected chi connectivity index (χ4v) is 5.36. The molecule has 3 heteroatoms. The van der Waals surface area contributed by atoms with Crippen LogP contribution in [0.25, 0.3) is 33.2 Å². The number of aromatic nitrogens is 1. The van der Waals surface area contributed by atoms with Crippen molar-refractivity contribution in [2.24, 2.45) is 7.05 Å². The molecule has 0 N–H and O–H groups in total. The first-order valence-electron chi connectivity index (χ1n) is 10.9. The second kappa shape index (κ2) is 7.29. The van der Waals surface area contributed by atoms with Gasteiger partial charge in [-0.3, -0.25) is 0 Å². The van der Waals surface area contributed by atoms with Crippen LogP contribution < -0.4 is 4.57 Å². The molecule has 3 nitrogen and oxygen atoms in total. The smallest absolute Gasteiger partial charge is 0.216 e. The average molecular weight is 396 g/mol. The molecule has 0 atom stereocenters. The van der Waals surface area contributed by atoms with Gasteiger partial charge in [-0.2, -0.15) is 5.26 Å². The highest BCUT2D eigenvalue weighted by atomic mass is 16.3. The highest BCUT2D eigenvalue weighted by Gasteiger charge is 2.26. The second-order valence-electron chi connectivity index (χ2n) is 8.72. The van der Waals surface area contributed by atoms with Crippen molar-refractivity contribution < 1.29 is 8.98 Å². The van der Waals surface area contributed by atoms with Crippen LogP contribution in [0.2, 0.25) is 0 Å². The third-order valence-corrected chi connectivity index (χ3v) is 6.87. The predicted octanol–water partition coefficient (Wildman–Crippen LogP) is 6.61. The quantitative estimate of drug-likeness (QED) is 0.358. The summed E-state index contributed by atoms with van der Waals surface area (Å²) < 4.78 is 8.75. The van der Waals surface area contributed by atoms with Crippen molar-refractivity contribution in [3.05, 3.63) is 64.8 Å². The van der Waals surface area contributed by atoms with Crippen LogP contribution >= 0.6 is 0 Å². The standard InChI is InChI=1S/C27H27N2O/c1-17-12-13-21-22-15-20(16-28)25(19-9-5-4-6-10-19)18(2)26(22)30-27(21)24(17)23-11-7-8-14-29(23)3/h7-8,11-15,19H,4-6,9-10H2,1-3H3/q+1. The molecule has 5 rings (SSSR count). The second-order valence-corrected chi connectivity index (χ2v) is 8.72. The number of furan rings is 1. The van der Waals surface area contributed by atoms with Crippen molar-refractivity contribution in [3.8, 4) is 17.3 Å². The minimum absolute atomic E-state index is 0.471. The molecule has 0 unspecified atom stereocenters. The molecule has 2 heterocycles. The third-order valence-electron chi connectivity index (χ3n) is 6.87. The molecule has 4 aromatic rings. The molecule has 1 aliphatic carbocycles. The maximum absolute atomic E-state index is 9.97. The molecule has 2 aromatic carbocycles. The number of nitriles is 1. The first kappa shape index (κ1) is 18.9. The Hall–Kier alpha value is -3.12. The summed E-state index contributed by atoms with van der Waals surface area (Å²) in [5, 5.41) is 12.1. The first-order chi connectivity index (χ1) is 14.6. The molecule has 0 amide bonds. The van der Waals surface area contributed by atoms with E-state index in [0.29, 0.717) is 5.92 Å². The number of fused-ring (bicyclic) bond motifs is 3. The maximum Gasteiger partial charge on any atom is 0.216 e. The van der Waals surface area contributed by atoms with Gasteiger partial charge in [0.05, 0.1) is 17.2 Å². The zero-order chi connectivity index (χ0) is 20.8. The van der Waals surface area contributed by atoms with Gasteiger partial charge in [0.1, 0.15) is 18.2 Å². The van der Waals surface area contributed by atoms with Gasteiger partial charge in [-0.25, -0.2) is 4.57 Å². The summed E-state index contributed by atoms with van der Waals surface area (Å²) in [6.45, 7) is 4.28. The number of pyridine rings is 1. The Bertz CT molecular complexity index is 1320. The van der Waals surface area contributed by atoms with Crippen molar-refractivity contribution >= 4 is 21.9 Å². The van der Waals surface area contributed by atoms with E-state index in [0.717, 1.165) is 44.3 Å². The van der Waals surface area contributed by atoms with Crippen molar-refractivity contribution in [1.82, 2.24) is 0 Å². The lowest BCUT2D eigenvalue weighted by Gasteiger charge is -2.24. The Morgan fingerprint density at radius 3 is 2.53 bits per heavy atom. The molecule has 2 aromatic heterocycles. The topological polar surface area (TPSA) is 40.8 Å². The summed E-state index contributed by atoms with van der Waals surface area (Å²) in [6, 6.07) is 15.1. The summed E-state index contributed by atoms with van der Waals surface area (Å²) in [6.07, 6.45) is 8.22. The average Bonchev–Trinajstić information content (AvgIpc) is 3.14. The molecule has 150 valence electrons. The normalized spacial score (nSPS) is 15.0. The molecular formula is C27H27N2O+. The summed E-state index contributed by atoms with van der Waals surface area (Å²) in [4.78, 5) is 0. The number of hydrogen-bond acceptors (Lipinski definition) is 2. The lowest BCUT2D eigenvalue weighted by Crippen LogP contribution is -2.30. The van der Waals surface area contributed by atoms with Gasteiger partial charge < -0.3 is 4.42 Å². The van der Waals surface area contributed by atoms with Gasteiger partial charge >= 0.3 is 0 Å². The molecule has 0 bridgehead atoms. The van der Waals surface area contributed by atoms with Crippen molar-refractivity contribution in [3.63, 3.8) is 0 Å². The van der Waals surface area contributed by atoms with E-state index in [1.807, 2.05) is 6.07 Å². The van der Waals surface area contributed by atoms with Gasteiger partial charge in [-0.05, 0) is 61.4 Å². The zero-order valence-electron chi connectivity index (χ0n) is 18.0. The van der Waals surface area contributed by atoms with E-state index >= 15 is 0 Å². The number of nitrogens with zero attached hydrogens (tertiary/aromatic N) is 2. The fraction of sp³-hybridized carbons (Fsp3) is 0.333. The SMILES string of the molecule is Cc1ccc2c(oc3c(C)c(C4CCCCC4)c(C#N)cc32)c1-c1cccc[n+]1C. The van der Waals surface area contributed by atoms with Crippen LogP contribution in [0, 0.1) is 25.2 Å². The monoisotopic (exact) mass is 395 g/mol. The van der Waals surface area contributed by atoms with E-state index in [1.54, 1.807) is 0 Å². The Kier molecular flexibility index (Phi) is 4.59. The van der Waals surface area contributed by atoms with Gasteiger partial charge in [0.2, 0.25) is 5.69 Å². The Morgan fingerprint density at radius 1 is 1.00 bits per heavy atom. The summed E-state index contributed by atoms with van der Waals surface area (Å²) in [5.41, 5.74) is 8.49. The van der Waals surface area contributed by atoms with Gasteiger partial charge in [0.15, 0.2) is 6.20 Å². The number of rotatable bonds is 2. The first-order valence-corrected chi connectivity index (χ1v) is 10.9. The molecule has 1 saturated carbocycles. The fourth-order valence-electron chi connectivity index (χ4n) is 5.36. The minimum atomic E-state index is 0.471. The van der Waals surface area contributed by atoms with Gasteiger partial charge in [-0.15, -0.1) is 0 Å². The lowest BCUT2D eigenvalue weighted by atomic mass is 9.79. The minimum Gasteiger partial charge on any atom is -0.455 e. The number of benzene rings is 2. The molecule has 1 aliphatic rings. The van der Waals surface area contributed by atoms with Gasteiger partial charge in [0.25, 0.3) is 0 Å². The number of aryl methyl sites for hydroxylation is 3. The summed E-state index contributed by atoms with van der Waals surface area (Å²) in [5.74, 6) is 0.471. The summed E-state index contributed by atoms with van der Waals surface area (Å²) >= 11 is 0. The van der Waals surface area contributed by atoms with Crippen LogP contribution in [0.3, 0.4) is 0 Å². The lowest BCUT2D eigenvalue weighted by molar-refractivity contribution is -0.660. The van der Waals surface area contributed by atoms with Crippen LogP contribution in [0.4, 0.5) is 0 Å². The van der Waals surface area contributed by atoms with Crippen LogP contribution in [0.1, 0.15) is 60.3 Å². The Morgan fingerprint density at radius 2 is 1.80 bits per heavy atom. The van der Waals surface area contributed by atoms with E-state index in [4.69, 9.17) is 4.42 Å². The van der Waals surface area contributed by atoms with E-state index in [2.05, 4.69) is 68.1 Å². The van der Waals surface area contributed by atoms with E-state index in [9.17, 15) is 5.26 Å².